The van der Waals surface area contributed by atoms with Crippen LogP contribution in [0.3, 0.4) is 0 Å². The number of phenols is 1. The number of carbonyl (C=O) groups excluding carboxylic acids is 3. The number of likely N-dealkylation sites (tertiary alicyclic amines) is 1. The molecule has 3 aromatic carbocycles. The Hall–Kier alpha value is -4.49. The zero-order chi connectivity index (χ0) is 36.3. The maximum atomic E-state index is 13.2. The lowest BCUT2D eigenvalue weighted by Crippen LogP contribution is -2.42. The Morgan fingerprint density at radius 1 is 0.824 bits per heavy atom. The molecular weight excluding hydrogens is 650 g/mol. The third kappa shape index (κ3) is 14.0. The molecule has 1 saturated heterocycles. The highest BCUT2D eigenvalue weighted by Gasteiger charge is 2.23. The molecule has 1 fully saturated rings. The van der Waals surface area contributed by atoms with Gasteiger partial charge in [-0.05, 0) is 61.4 Å². The summed E-state index contributed by atoms with van der Waals surface area (Å²) in [7, 11) is 0. The zero-order valence-corrected chi connectivity index (χ0v) is 29.4. The Kier molecular flexibility index (Phi) is 16.7. The summed E-state index contributed by atoms with van der Waals surface area (Å²) >= 11 is 0. The van der Waals surface area contributed by atoms with Crippen molar-refractivity contribution in [2.45, 2.75) is 51.2 Å². The number of phenolic OH excluding ortho intramolecular Hbond substituents is 1. The third-order valence-electron chi connectivity index (χ3n) is 8.99. The van der Waals surface area contributed by atoms with Crippen molar-refractivity contribution in [2.75, 3.05) is 70.9 Å². The maximum Gasteiger partial charge on any atom is 0.411 e. The monoisotopic (exact) mass is 703 g/mol. The number of rotatable bonds is 20. The Morgan fingerprint density at radius 2 is 1.51 bits per heavy atom. The van der Waals surface area contributed by atoms with Gasteiger partial charge in [0.05, 0.1) is 25.4 Å². The molecule has 1 aliphatic rings. The molecule has 5 N–H and O–H groups in total. The summed E-state index contributed by atoms with van der Waals surface area (Å²) in [6, 6.07) is 24.3. The van der Waals surface area contributed by atoms with Crippen LogP contribution in [0.4, 0.5) is 10.5 Å². The summed E-state index contributed by atoms with van der Waals surface area (Å²) in [5, 5.41) is 34.2. The van der Waals surface area contributed by atoms with Crippen LogP contribution in [0.1, 0.15) is 44.1 Å². The molecule has 0 aliphatic carbocycles. The normalized spacial score (nSPS) is 13.5. The van der Waals surface area contributed by atoms with E-state index in [0.29, 0.717) is 64.2 Å². The van der Waals surface area contributed by atoms with Crippen molar-refractivity contribution in [1.29, 1.82) is 0 Å². The molecular formula is C39H53N5O7. The van der Waals surface area contributed by atoms with Gasteiger partial charge in [-0.2, -0.15) is 0 Å². The first-order valence-corrected chi connectivity index (χ1v) is 18.0. The second-order valence-corrected chi connectivity index (χ2v) is 12.8. The third-order valence-corrected chi connectivity index (χ3v) is 8.99. The fourth-order valence-corrected chi connectivity index (χ4v) is 6.14. The number of aromatic hydroxyl groups is 1. The number of hydrogen-bond acceptors (Lipinski definition) is 9. The second-order valence-electron chi connectivity index (χ2n) is 12.8. The van der Waals surface area contributed by atoms with Crippen LogP contribution in [0.25, 0.3) is 11.1 Å². The van der Waals surface area contributed by atoms with Gasteiger partial charge in [0.15, 0.2) is 0 Å². The molecule has 12 heteroatoms. The molecule has 12 nitrogen and oxygen atoms in total. The number of unbranched alkanes of at least 4 members (excludes halogenated alkanes) is 2. The van der Waals surface area contributed by atoms with Crippen molar-refractivity contribution in [3.8, 4) is 16.9 Å². The number of aliphatic hydroxyl groups is 2. The first-order chi connectivity index (χ1) is 24.8. The highest BCUT2D eigenvalue weighted by molar-refractivity contribution is 5.91. The van der Waals surface area contributed by atoms with Gasteiger partial charge in [-0.25, -0.2) is 4.79 Å². The lowest BCUT2D eigenvalue weighted by Gasteiger charge is -2.31. The van der Waals surface area contributed by atoms with E-state index in [-0.39, 0.29) is 43.4 Å². The summed E-state index contributed by atoms with van der Waals surface area (Å²) < 4.78 is 5.74. The van der Waals surface area contributed by atoms with Gasteiger partial charge in [-0.15, -0.1) is 0 Å². The number of benzene rings is 3. The quantitative estimate of drug-likeness (QED) is 0.110. The van der Waals surface area contributed by atoms with Crippen LogP contribution in [0, 0.1) is 0 Å². The van der Waals surface area contributed by atoms with E-state index in [9.17, 15) is 29.7 Å². The smallest absolute Gasteiger partial charge is 0.411 e. The lowest BCUT2D eigenvalue weighted by molar-refractivity contribution is -0.133. The number of ether oxygens (including phenoxy) is 1. The van der Waals surface area contributed by atoms with Crippen molar-refractivity contribution in [1.82, 2.24) is 20.0 Å². The van der Waals surface area contributed by atoms with Crippen LogP contribution in [-0.2, 0) is 20.9 Å². The molecule has 4 rings (SSSR count). The summed E-state index contributed by atoms with van der Waals surface area (Å²) in [6.07, 6.45) is 3.56. The molecule has 51 heavy (non-hydrogen) atoms. The van der Waals surface area contributed by atoms with E-state index in [1.54, 1.807) is 34.1 Å². The van der Waals surface area contributed by atoms with Gasteiger partial charge in [-0.3, -0.25) is 19.8 Å². The molecule has 0 aromatic heterocycles. The number of piperidine rings is 1. The van der Waals surface area contributed by atoms with Crippen LogP contribution >= 0.6 is 0 Å². The van der Waals surface area contributed by atoms with Crippen LogP contribution < -0.4 is 10.6 Å². The number of carbonyl (C=O) groups is 3. The summed E-state index contributed by atoms with van der Waals surface area (Å²) in [6.45, 7) is 4.13. The van der Waals surface area contributed by atoms with Crippen molar-refractivity contribution in [3.63, 3.8) is 0 Å². The van der Waals surface area contributed by atoms with Crippen LogP contribution in [-0.4, -0.2) is 120 Å². The van der Waals surface area contributed by atoms with E-state index in [2.05, 4.69) is 15.5 Å². The fraction of sp³-hybridized carbons (Fsp3) is 0.462. The molecule has 1 heterocycles. The first kappa shape index (κ1) is 39.3. The minimum atomic E-state index is -0.462. The number of hydrogen-bond donors (Lipinski definition) is 5. The first-order valence-electron chi connectivity index (χ1n) is 18.0. The molecule has 3 aromatic rings. The fourth-order valence-electron chi connectivity index (χ4n) is 6.14. The van der Waals surface area contributed by atoms with Crippen LogP contribution in [0.2, 0.25) is 0 Å². The SMILES string of the molecule is O=C(CCN1CCC(OC(=O)Nc2ccccc2-c2ccccc2)CC1)NCCCCCN(Cc1ccc(O)cc1)C(=O)CN(CCO)CCO. The number of para-hydroxylation sites is 1. The largest absolute Gasteiger partial charge is 0.508 e. The highest BCUT2D eigenvalue weighted by atomic mass is 16.6. The van der Waals surface area contributed by atoms with Crippen molar-refractivity contribution in [2.24, 2.45) is 0 Å². The number of anilines is 1. The van der Waals surface area contributed by atoms with Crippen molar-refractivity contribution < 1.29 is 34.4 Å². The Morgan fingerprint density at radius 3 is 2.22 bits per heavy atom. The van der Waals surface area contributed by atoms with Crippen molar-refractivity contribution in [3.05, 3.63) is 84.4 Å². The minimum absolute atomic E-state index is 0.00169. The second kappa shape index (κ2) is 21.7. The Labute approximate surface area is 301 Å². The zero-order valence-electron chi connectivity index (χ0n) is 29.4. The summed E-state index contributed by atoms with van der Waals surface area (Å²) in [5.74, 6) is 0.0669. The standard InChI is InChI=1S/C39H53N5O7/c45-27-25-43(26-28-46)30-38(49)44(29-31-13-15-33(47)16-14-31)21-8-2-7-20-40-37(48)19-24-42-22-17-34(18-23-42)51-39(50)41-36-12-6-5-11-35(36)32-9-3-1-4-10-32/h1,3-6,9-16,34,45-47H,2,7-8,17-30H2,(H,40,48)(H,41,50). The van der Waals surface area contributed by atoms with E-state index in [4.69, 9.17) is 4.74 Å². The van der Waals surface area contributed by atoms with Gasteiger partial charge in [0, 0.05) is 64.3 Å². The Bertz CT molecular complexity index is 1480. The molecule has 0 bridgehead atoms. The van der Waals surface area contributed by atoms with Gasteiger partial charge < -0.3 is 35.2 Å². The molecule has 1 aliphatic heterocycles. The van der Waals surface area contributed by atoms with Gasteiger partial charge in [0.25, 0.3) is 0 Å². The molecule has 3 amide bonds. The summed E-state index contributed by atoms with van der Waals surface area (Å²) in [4.78, 5) is 44.1. The molecule has 0 saturated carbocycles. The Balaban J connectivity index is 1.10. The molecule has 0 spiro atoms. The predicted octanol–water partition coefficient (Wildman–Crippen LogP) is 4.06. The molecule has 0 radical (unpaired) electrons. The predicted molar refractivity (Wildman–Crippen MR) is 197 cm³/mol. The number of aliphatic hydroxyl groups excluding tert-OH is 2. The summed E-state index contributed by atoms with van der Waals surface area (Å²) in [5.41, 5.74) is 3.55. The van der Waals surface area contributed by atoms with Gasteiger partial charge >= 0.3 is 6.09 Å². The number of nitrogens with zero attached hydrogens (tertiary/aromatic N) is 3. The van der Waals surface area contributed by atoms with Gasteiger partial charge in [0.1, 0.15) is 11.9 Å². The lowest BCUT2D eigenvalue weighted by atomic mass is 10.0. The minimum Gasteiger partial charge on any atom is -0.508 e. The van der Waals surface area contributed by atoms with E-state index in [0.717, 1.165) is 49.0 Å². The number of nitrogens with one attached hydrogen (secondary N) is 2. The van der Waals surface area contributed by atoms with E-state index >= 15 is 0 Å². The van der Waals surface area contributed by atoms with Crippen LogP contribution in [0.5, 0.6) is 5.75 Å². The highest BCUT2D eigenvalue weighted by Crippen LogP contribution is 2.28. The number of amides is 3. The molecule has 276 valence electrons. The molecule has 0 unspecified atom stereocenters. The van der Waals surface area contributed by atoms with E-state index < -0.39 is 6.09 Å². The average Bonchev–Trinajstić information content (AvgIpc) is 3.13. The van der Waals surface area contributed by atoms with Crippen LogP contribution in [0.15, 0.2) is 78.9 Å². The average molecular weight is 704 g/mol. The van der Waals surface area contributed by atoms with Gasteiger partial charge in [0.2, 0.25) is 11.8 Å². The van der Waals surface area contributed by atoms with E-state index in [1.807, 2.05) is 54.6 Å². The maximum absolute atomic E-state index is 13.2. The topological polar surface area (TPSA) is 155 Å². The van der Waals surface area contributed by atoms with E-state index in [1.165, 1.54) is 0 Å². The van der Waals surface area contributed by atoms with Gasteiger partial charge in [-0.1, -0.05) is 60.7 Å². The molecule has 0 atom stereocenters. The van der Waals surface area contributed by atoms with Crippen molar-refractivity contribution >= 4 is 23.6 Å².